The lowest BCUT2D eigenvalue weighted by Crippen LogP contribution is -2.20. The van der Waals surface area contributed by atoms with Crippen molar-refractivity contribution in [2.75, 3.05) is 5.32 Å². The number of pyridine rings is 1. The van der Waals surface area contributed by atoms with Gasteiger partial charge in [0.15, 0.2) is 11.5 Å². The molecule has 0 saturated heterocycles. The third-order valence-corrected chi connectivity index (χ3v) is 6.42. The number of halogens is 3. The highest BCUT2D eigenvalue weighted by Gasteiger charge is 2.18. The average Bonchev–Trinajstić information content (AvgIpc) is 3.34. The van der Waals surface area contributed by atoms with E-state index in [-0.39, 0.29) is 40.4 Å². The van der Waals surface area contributed by atoms with E-state index in [1.807, 2.05) is 38.1 Å². The Morgan fingerprint density at radius 2 is 1.86 bits per heavy atom. The molecule has 0 fully saturated rings. The van der Waals surface area contributed by atoms with Gasteiger partial charge in [0.2, 0.25) is 5.91 Å². The lowest BCUT2D eigenvalue weighted by atomic mass is 10.0. The number of hydrogen-bond donors (Lipinski definition) is 1. The molecule has 182 valence electrons. The normalized spacial score (nSPS) is 11.2. The van der Waals surface area contributed by atoms with Gasteiger partial charge in [-0.2, -0.15) is 10.2 Å². The SMILES string of the molecule is Cc1cccc(-c2ccnc3c2c(C)nn3CC(=O)Nc2nn(Cc3c(F)cccc3Cl)cc2Cl)c1. The van der Waals surface area contributed by atoms with Gasteiger partial charge in [-0.15, -0.1) is 0 Å². The number of amides is 1. The summed E-state index contributed by atoms with van der Waals surface area (Å²) in [6.07, 6.45) is 3.21. The van der Waals surface area contributed by atoms with E-state index in [1.54, 1.807) is 16.9 Å². The number of carbonyl (C=O) groups excluding carboxylic acids is 1. The number of aromatic nitrogens is 5. The summed E-state index contributed by atoms with van der Waals surface area (Å²) < 4.78 is 17.1. The summed E-state index contributed by atoms with van der Waals surface area (Å²) >= 11 is 12.4. The van der Waals surface area contributed by atoms with E-state index in [2.05, 4.69) is 26.6 Å². The van der Waals surface area contributed by atoms with Crippen LogP contribution in [0.5, 0.6) is 0 Å². The standard InChI is InChI=1S/C26H21Cl2FN6O/c1-15-5-3-6-17(11-15)18-9-10-30-26-24(18)16(2)32-35(26)14-23(36)31-25-21(28)13-34(33-25)12-19-20(27)7-4-8-22(19)29/h3-11,13H,12,14H2,1-2H3,(H,31,33,36). The molecule has 10 heteroatoms. The van der Waals surface area contributed by atoms with Crippen molar-refractivity contribution < 1.29 is 9.18 Å². The monoisotopic (exact) mass is 522 g/mol. The second-order valence-electron chi connectivity index (χ2n) is 8.44. The highest BCUT2D eigenvalue weighted by atomic mass is 35.5. The van der Waals surface area contributed by atoms with E-state index >= 15 is 0 Å². The van der Waals surface area contributed by atoms with Gasteiger partial charge in [-0.25, -0.2) is 14.1 Å². The molecule has 0 aliphatic heterocycles. The van der Waals surface area contributed by atoms with Crippen molar-refractivity contribution in [3.05, 3.63) is 93.6 Å². The lowest BCUT2D eigenvalue weighted by molar-refractivity contribution is -0.116. The van der Waals surface area contributed by atoms with Crippen LogP contribution >= 0.6 is 23.2 Å². The highest BCUT2D eigenvalue weighted by molar-refractivity contribution is 6.33. The Balaban J connectivity index is 1.37. The first-order valence-electron chi connectivity index (χ1n) is 11.1. The Labute approximate surface area is 216 Å². The maximum Gasteiger partial charge on any atom is 0.247 e. The minimum absolute atomic E-state index is 0.0652. The van der Waals surface area contributed by atoms with E-state index in [9.17, 15) is 9.18 Å². The van der Waals surface area contributed by atoms with Crippen molar-refractivity contribution in [2.45, 2.75) is 26.9 Å². The van der Waals surface area contributed by atoms with Crippen LogP contribution in [0.2, 0.25) is 10.0 Å². The average molecular weight is 523 g/mol. The van der Waals surface area contributed by atoms with Crippen LogP contribution in [-0.2, 0) is 17.9 Å². The molecule has 3 heterocycles. The molecule has 0 radical (unpaired) electrons. The van der Waals surface area contributed by atoms with Gasteiger partial charge in [-0.05, 0) is 43.2 Å². The quantitative estimate of drug-likeness (QED) is 0.294. The fourth-order valence-corrected chi connectivity index (χ4v) is 4.58. The maximum atomic E-state index is 14.1. The number of rotatable bonds is 6. The van der Waals surface area contributed by atoms with Crippen LogP contribution in [0.25, 0.3) is 22.2 Å². The smallest absolute Gasteiger partial charge is 0.247 e. The van der Waals surface area contributed by atoms with Gasteiger partial charge in [-0.1, -0.05) is 59.1 Å². The number of nitrogens with zero attached hydrogens (tertiary/aromatic N) is 5. The van der Waals surface area contributed by atoms with E-state index in [0.29, 0.717) is 5.65 Å². The fraction of sp³-hybridized carbons (Fsp3) is 0.154. The van der Waals surface area contributed by atoms with Gasteiger partial charge >= 0.3 is 0 Å². The molecular formula is C26H21Cl2FN6O. The Morgan fingerprint density at radius 1 is 1.06 bits per heavy atom. The molecule has 5 aromatic rings. The maximum absolute atomic E-state index is 14.1. The zero-order valence-electron chi connectivity index (χ0n) is 19.5. The Hall–Kier alpha value is -3.75. The first-order chi connectivity index (χ1) is 17.3. The summed E-state index contributed by atoms with van der Waals surface area (Å²) in [5.41, 5.74) is 4.86. The second-order valence-corrected chi connectivity index (χ2v) is 9.26. The summed E-state index contributed by atoms with van der Waals surface area (Å²) in [6.45, 7) is 3.91. The Morgan fingerprint density at radius 3 is 2.64 bits per heavy atom. The number of hydrogen-bond acceptors (Lipinski definition) is 4. The van der Waals surface area contributed by atoms with Gasteiger partial charge in [-0.3, -0.25) is 9.48 Å². The Kier molecular flexibility index (Phi) is 6.47. The van der Waals surface area contributed by atoms with Crippen molar-refractivity contribution >= 4 is 46.0 Å². The third kappa shape index (κ3) is 4.69. The van der Waals surface area contributed by atoms with E-state index in [0.717, 1.165) is 27.8 Å². The summed E-state index contributed by atoms with van der Waals surface area (Å²) in [4.78, 5) is 17.4. The largest absolute Gasteiger partial charge is 0.306 e. The minimum atomic E-state index is -0.446. The van der Waals surface area contributed by atoms with Crippen molar-refractivity contribution in [1.29, 1.82) is 0 Å². The van der Waals surface area contributed by atoms with Crippen molar-refractivity contribution in [2.24, 2.45) is 0 Å². The molecule has 1 N–H and O–H groups in total. The van der Waals surface area contributed by atoms with Gasteiger partial charge in [0.25, 0.3) is 0 Å². The van der Waals surface area contributed by atoms with E-state index in [4.69, 9.17) is 23.2 Å². The van der Waals surface area contributed by atoms with Crippen LogP contribution < -0.4 is 5.32 Å². The van der Waals surface area contributed by atoms with Crippen LogP contribution in [0.4, 0.5) is 10.2 Å². The first-order valence-corrected chi connectivity index (χ1v) is 11.9. The molecule has 1 amide bonds. The molecule has 36 heavy (non-hydrogen) atoms. The van der Waals surface area contributed by atoms with Gasteiger partial charge in [0.05, 0.1) is 12.2 Å². The molecule has 0 aliphatic carbocycles. The molecule has 7 nitrogen and oxygen atoms in total. The summed E-state index contributed by atoms with van der Waals surface area (Å²) in [6, 6.07) is 14.6. The molecular weight excluding hydrogens is 502 g/mol. The summed E-state index contributed by atoms with van der Waals surface area (Å²) in [5.74, 6) is -0.660. The molecule has 0 unspecified atom stereocenters. The third-order valence-electron chi connectivity index (χ3n) is 5.79. The molecule has 0 bridgehead atoms. The van der Waals surface area contributed by atoms with E-state index in [1.165, 1.54) is 23.0 Å². The Bertz CT molecular complexity index is 1590. The molecule has 0 saturated carbocycles. The number of anilines is 1. The van der Waals surface area contributed by atoms with Crippen molar-refractivity contribution in [3.63, 3.8) is 0 Å². The number of nitrogens with one attached hydrogen (secondary N) is 1. The zero-order valence-corrected chi connectivity index (χ0v) is 21.0. The van der Waals surface area contributed by atoms with E-state index < -0.39 is 5.82 Å². The highest BCUT2D eigenvalue weighted by Crippen LogP contribution is 2.30. The van der Waals surface area contributed by atoms with Gasteiger partial charge in [0.1, 0.15) is 17.4 Å². The van der Waals surface area contributed by atoms with Crippen LogP contribution in [0.15, 0.2) is 60.9 Å². The van der Waals surface area contributed by atoms with Gasteiger partial charge in [0, 0.05) is 28.4 Å². The lowest BCUT2D eigenvalue weighted by Gasteiger charge is -2.07. The van der Waals surface area contributed by atoms with Crippen LogP contribution in [0.1, 0.15) is 16.8 Å². The number of aryl methyl sites for hydroxylation is 2. The summed E-state index contributed by atoms with van der Waals surface area (Å²) in [5, 5.41) is 12.9. The predicted octanol–water partition coefficient (Wildman–Crippen LogP) is 6.04. The topological polar surface area (TPSA) is 77.6 Å². The molecule has 0 atom stereocenters. The second kappa shape index (κ2) is 9.72. The zero-order chi connectivity index (χ0) is 25.4. The number of benzene rings is 2. The number of fused-ring (bicyclic) bond motifs is 1. The fourth-order valence-electron chi connectivity index (χ4n) is 4.16. The van der Waals surface area contributed by atoms with Crippen LogP contribution in [-0.4, -0.2) is 30.5 Å². The molecule has 3 aromatic heterocycles. The molecule has 0 spiro atoms. The predicted molar refractivity (Wildman–Crippen MR) is 139 cm³/mol. The first kappa shape index (κ1) is 24.0. The van der Waals surface area contributed by atoms with Gasteiger partial charge < -0.3 is 5.32 Å². The van der Waals surface area contributed by atoms with Crippen LogP contribution in [0.3, 0.4) is 0 Å². The van der Waals surface area contributed by atoms with Crippen LogP contribution in [0, 0.1) is 19.7 Å². The summed E-state index contributed by atoms with van der Waals surface area (Å²) in [7, 11) is 0. The number of carbonyl (C=O) groups is 1. The molecule has 0 aliphatic rings. The molecule has 5 rings (SSSR count). The van der Waals surface area contributed by atoms with Crippen molar-refractivity contribution in [1.82, 2.24) is 24.5 Å². The minimum Gasteiger partial charge on any atom is -0.306 e. The van der Waals surface area contributed by atoms with Crippen molar-refractivity contribution in [3.8, 4) is 11.1 Å². The molecule has 2 aromatic carbocycles.